The molecule has 12 heteroatoms. The summed E-state index contributed by atoms with van der Waals surface area (Å²) in [6.07, 6.45) is -11.4. The number of carbonyl (C=O) groups is 1. The van der Waals surface area contributed by atoms with E-state index in [-0.39, 0.29) is 16.6 Å². The first-order chi connectivity index (χ1) is 13.5. The second-order valence-electron chi connectivity index (χ2n) is 6.84. The third-order valence-corrected chi connectivity index (χ3v) is 5.25. The molecule has 1 aliphatic heterocycles. The van der Waals surface area contributed by atoms with E-state index in [0.717, 1.165) is 6.20 Å². The summed E-state index contributed by atoms with van der Waals surface area (Å²) in [6.45, 7) is -2.28. The molecule has 0 radical (unpaired) electrons. The Balaban J connectivity index is 1.77. The molecule has 154 valence electrons. The quantitative estimate of drug-likeness (QED) is 0.618. The highest BCUT2D eigenvalue weighted by atomic mass is 19.4. The van der Waals surface area contributed by atoms with Crippen LogP contribution >= 0.6 is 0 Å². The molecule has 4 rings (SSSR count). The van der Waals surface area contributed by atoms with E-state index in [1.165, 1.54) is 10.6 Å². The second-order valence-corrected chi connectivity index (χ2v) is 6.84. The molecule has 1 aromatic carbocycles. The van der Waals surface area contributed by atoms with Crippen molar-refractivity contribution in [2.75, 3.05) is 13.1 Å². The monoisotopic (exact) mass is 418 g/mol. The molecule has 2 aromatic heterocycles. The van der Waals surface area contributed by atoms with Crippen LogP contribution in [-0.4, -0.2) is 50.8 Å². The molecule has 3 heterocycles. The van der Waals surface area contributed by atoms with Crippen molar-refractivity contribution in [3.05, 3.63) is 46.4 Å². The van der Waals surface area contributed by atoms with E-state index in [2.05, 4.69) is 10.1 Å². The Morgan fingerprint density at radius 1 is 1.10 bits per heavy atom. The van der Waals surface area contributed by atoms with Gasteiger partial charge in [0.15, 0.2) is 5.41 Å². The van der Waals surface area contributed by atoms with Crippen LogP contribution in [-0.2, 0) is 0 Å². The number of hydrogen-bond acceptors (Lipinski definition) is 3. The average molecular weight is 418 g/mol. The van der Waals surface area contributed by atoms with Crippen molar-refractivity contribution >= 4 is 22.5 Å². The van der Waals surface area contributed by atoms with Crippen LogP contribution in [0.3, 0.4) is 0 Å². The topological polar surface area (TPSA) is 70.5 Å². The van der Waals surface area contributed by atoms with Gasteiger partial charge in [0.25, 0.3) is 11.5 Å². The standard InChI is InChI=1S/C17H12F6N4O2/c18-16(19,20)15(17(21,22)23)5-6-26(8-15)14(29)10-7-24-27-11-4-2-1-3-9(11)13(28)25-12(10)27/h1-4,7H,5-6,8H2,(H,25,28). The number of fused-ring (bicyclic) bond motifs is 3. The summed E-state index contributed by atoms with van der Waals surface area (Å²) in [5.41, 5.74) is -4.60. The SMILES string of the molecule is O=C(c1cnn2c1[nH]c(=O)c1ccccc12)N1CCC(C(F)(F)F)(C(F)(F)F)C1. The Labute approximate surface area is 157 Å². The van der Waals surface area contributed by atoms with Gasteiger partial charge < -0.3 is 9.88 Å². The molecule has 29 heavy (non-hydrogen) atoms. The van der Waals surface area contributed by atoms with Crippen LogP contribution in [0, 0.1) is 5.41 Å². The van der Waals surface area contributed by atoms with Crippen LogP contribution in [0.5, 0.6) is 0 Å². The highest BCUT2D eigenvalue weighted by molar-refractivity contribution is 6.00. The number of rotatable bonds is 1. The summed E-state index contributed by atoms with van der Waals surface area (Å²) >= 11 is 0. The number of aromatic amines is 1. The number of nitrogens with one attached hydrogen (secondary N) is 1. The molecule has 0 bridgehead atoms. The Morgan fingerprint density at radius 2 is 1.76 bits per heavy atom. The Kier molecular flexibility index (Phi) is 3.97. The molecular weight excluding hydrogens is 406 g/mol. The lowest BCUT2D eigenvalue weighted by molar-refractivity contribution is -0.334. The van der Waals surface area contributed by atoms with Gasteiger partial charge in [0.05, 0.1) is 17.1 Å². The van der Waals surface area contributed by atoms with Gasteiger partial charge in [0, 0.05) is 13.1 Å². The Bertz CT molecular complexity index is 1160. The van der Waals surface area contributed by atoms with Gasteiger partial charge in [-0.1, -0.05) is 12.1 Å². The zero-order valence-electron chi connectivity index (χ0n) is 14.4. The average Bonchev–Trinajstić information content (AvgIpc) is 3.26. The van der Waals surface area contributed by atoms with E-state index in [0.29, 0.717) is 10.4 Å². The number of para-hydroxylation sites is 1. The number of carbonyl (C=O) groups excluding carboxylic acids is 1. The van der Waals surface area contributed by atoms with Gasteiger partial charge in [-0.25, -0.2) is 4.52 Å². The maximum atomic E-state index is 13.2. The maximum absolute atomic E-state index is 13.2. The number of aromatic nitrogens is 3. The molecule has 1 amide bonds. The van der Waals surface area contributed by atoms with Crippen LogP contribution in [0.1, 0.15) is 16.8 Å². The minimum atomic E-state index is -5.56. The number of H-pyrrole nitrogens is 1. The lowest BCUT2D eigenvalue weighted by Gasteiger charge is -2.33. The largest absolute Gasteiger partial charge is 0.404 e. The van der Waals surface area contributed by atoms with Crippen molar-refractivity contribution in [1.29, 1.82) is 0 Å². The van der Waals surface area contributed by atoms with Gasteiger partial charge in [-0.3, -0.25) is 9.59 Å². The fourth-order valence-electron chi connectivity index (χ4n) is 3.61. The lowest BCUT2D eigenvalue weighted by Crippen LogP contribution is -2.52. The predicted molar refractivity (Wildman–Crippen MR) is 88.4 cm³/mol. The number of halogens is 6. The molecular formula is C17H12F6N4O2. The summed E-state index contributed by atoms with van der Waals surface area (Å²) in [4.78, 5) is 27.9. The third kappa shape index (κ3) is 2.69. The van der Waals surface area contributed by atoms with Crippen molar-refractivity contribution in [2.24, 2.45) is 5.41 Å². The number of alkyl halides is 6. The van der Waals surface area contributed by atoms with Gasteiger partial charge in [-0.2, -0.15) is 31.4 Å². The van der Waals surface area contributed by atoms with Gasteiger partial charge in [0.2, 0.25) is 0 Å². The van der Waals surface area contributed by atoms with Crippen LogP contribution in [0.2, 0.25) is 0 Å². The fraction of sp³-hybridized carbons (Fsp3) is 0.353. The van der Waals surface area contributed by atoms with Gasteiger partial charge in [-0.15, -0.1) is 0 Å². The summed E-state index contributed by atoms with van der Waals surface area (Å²) in [5.74, 6) is -1.07. The third-order valence-electron chi connectivity index (χ3n) is 5.25. The van der Waals surface area contributed by atoms with Crippen molar-refractivity contribution < 1.29 is 31.1 Å². The second kappa shape index (κ2) is 5.97. The lowest BCUT2D eigenvalue weighted by atomic mass is 9.85. The zero-order valence-corrected chi connectivity index (χ0v) is 14.4. The van der Waals surface area contributed by atoms with Crippen molar-refractivity contribution in [3.8, 4) is 0 Å². The van der Waals surface area contributed by atoms with Crippen molar-refractivity contribution in [1.82, 2.24) is 19.5 Å². The number of amides is 1. The molecule has 0 aliphatic carbocycles. The molecule has 1 aliphatic rings. The van der Waals surface area contributed by atoms with Crippen LogP contribution < -0.4 is 5.56 Å². The summed E-state index contributed by atoms with van der Waals surface area (Å²) in [6, 6.07) is 6.29. The van der Waals surface area contributed by atoms with Crippen LogP contribution in [0.4, 0.5) is 26.3 Å². The summed E-state index contributed by atoms with van der Waals surface area (Å²) < 4.78 is 80.7. The van der Waals surface area contributed by atoms with Gasteiger partial charge in [-0.05, 0) is 18.6 Å². The van der Waals surface area contributed by atoms with Crippen LogP contribution in [0.25, 0.3) is 16.6 Å². The number of benzene rings is 1. The summed E-state index contributed by atoms with van der Waals surface area (Å²) in [5, 5.41) is 4.23. The van der Waals surface area contributed by atoms with Gasteiger partial charge >= 0.3 is 12.4 Å². The molecule has 0 saturated carbocycles. The molecule has 1 fully saturated rings. The van der Waals surface area contributed by atoms with Crippen LogP contribution in [0.15, 0.2) is 35.3 Å². The van der Waals surface area contributed by atoms with E-state index in [1.807, 2.05) is 0 Å². The Hall–Kier alpha value is -3.05. The Morgan fingerprint density at radius 3 is 2.38 bits per heavy atom. The molecule has 3 aromatic rings. The number of nitrogens with zero attached hydrogens (tertiary/aromatic N) is 3. The summed E-state index contributed by atoms with van der Waals surface area (Å²) in [7, 11) is 0. The minimum absolute atomic E-state index is 0.102. The highest BCUT2D eigenvalue weighted by Crippen LogP contribution is 2.55. The van der Waals surface area contributed by atoms with Crippen molar-refractivity contribution in [2.45, 2.75) is 18.8 Å². The van der Waals surface area contributed by atoms with Gasteiger partial charge in [0.1, 0.15) is 11.2 Å². The zero-order chi connectivity index (χ0) is 21.2. The molecule has 0 spiro atoms. The van der Waals surface area contributed by atoms with Crippen molar-refractivity contribution in [3.63, 3.8) is 0 Å². The highest BCUT2D eigenvalue weighted by Gasteiger charge is 2.72. The first-order valence-electron chi connectivity index (χ1n) is 8.38. The normalized spacial score (nSPS) is 17.4. The fourth-order valence-corrected chi connectivity index (χ4v) is 3.61. The molecule has 0 atom stereocenters. The molecule has 1 N–H and O–H groups in total. The van der Waals surface area contributed by atoms with E-state index in [1.54, 1.807) is 18.2 Å². The number of hydrogen-bond donors (Lipinski definition) is 1. The first-order valence-corrected chi connectivity index (χ1v) is 8.38. The first kappa shape index (κ1) is 19.3. The predicted octanol–water partition coefficient (Wildman–Crippen LogP) is 3.13. The maximum Gasteiger partial charge on any atom is 0.404 e. The molecule has 0 unspecified atom stereocenters. The van der Waals surface area contributed by atoms with E-state index in [9.17, 15) is 35.9 Å². The smallest absolute Gasteiger partial charge is 0.337 e. The molecule has 6 nitrogen and oxygen atoms in total. The van der Waals surface area contributed by atoms with E-state index in [4.69, 9.17) is 0 Å². The van der Waals surface area contributed by atoms with E-state index < -0.39 is 48.7 Å². The van der Waals surface area contributed by atoms with E-state index >= 15 is 0 Å². The number of likely N-dealkylation sites (tertiary alicyclic amines) is 1. The minimum Gasteiger partial charge on any atom is -0.337 e. The molecule has 1 saturated heterocycles.